The third-order valence-electron chi connectivity index (χ3n) is 5.72. The Bertz CT molecular complexity index is 1500. The number of fused-ring (bicyclic) bond motifs is 1. The number of allylic oxidation sites excluding steroid dienone is 1. The molecule has 1 aromatic heterocycles. The SMILES string of the molecule is O=C(/C=C/c1ccc(O)c2oc(-c3ccc(O)c(O)c3)cc12)C[C@@H](Cc1ccc(O)c(O)c1)C(=O)O. The van der Waals surface area contributed by atoms with Gasteiger partial charge in [-0.3, -0.25) is 9.59 Å². The molecule has 0 aliphatic heterocycles. The number of furan rings is 1. The van der Waals surface area contributed by atoms with Crippen LogP contribution >= 0.6 is 0 Å². The number of carboxylic acid groups (broad SMARTS) is 1. The molecular formula is C27H22O9. The zero-order chi connectivity index (χ0) is 26.0. The highest BCUT2D eigenvalue weighted by Gasteiger charge is 2.21. The Morgan fingerprint density at radius 2 is 1.47 bits per heavy atom. The number of carbonyl (C=O) groups is 2. The second-order valence-corrected chi connectivity index (χ2v) is 8.30. The van der Waals surface area contributed by atoms with E-state index in [2.05, 4.69) is 0 Å². The van der Waals surface area contributed by atoms with Gasteiger partial charge in [-0.2, -0.15) is 0 Å². The molecule has 0 fully saturated rings. The lowest BCUT2D eigenvalue weighted by molar-refractivity contribution is -0.143. The molecule has 0 saturated carbocycles. The van der Waals surface area contributed by atoms with Crippen LogP contribution in [0.5, 0.6) is 28.7 Å². The van der Waals surface area contributed by atoms with E-state index in [9.17, 15) is 40.2 Å². The molecule has 0 bridgehead atoms. The summed E-state index contributed by atoms with van der Waals surface area (Å²) in [5.74, 6) is -3.81. The minimum atomic E-state index is -1.17. The second-order valence-electron chi connectivity index (χ2n) is 8.30. The molecule has 1 atom stereocenters. The molecule has 1 heterocycles. The molecule has 0 unspecified atom stereocenters. The molecule has 9 nitrogen and oxygen atoms in total. The number of carbonyl (C=O) groups excluding carboxylic acids is 1. The third-order valence-corrected chi connectivity index (χ3v) is 5.72. The van der Waals surface area contributed by atoms with Crippen molar-refractivity contribution < 1.29 is 44.6 Å². The zero-order valence-corrected chi connectivity index (χ0v) is 18.8. The van der Waals surface area contributed by atoms with Gasteiger partial charge in [0.1, 0.15) is 5.76 Å². The topological polar surface area (TPSA) is 169 Å². The summed E-state index contributed by atoms with van der Waals surface area (Å²) < 4.78 is 5.73. The minimum absolute atomic E-state index is 0.0171. The molecule has 0 amide bonds. The number of aromatic hydroxyl groups is 5. The van der Waals surface area contributed by atoms with E-state index in [0.29, 0.717) is 27.8 Å². The first kappa shape index (κ1) is 24.2. The van der Waals surface area contributed by atoms with Crippen molar-refractivity contribution in [1.82, 2.24) is 0 Å². The number of hydrogen-bond acceptors (Lipinski definition) is 8. The lowest BCUT2D eigenvalue weighted by Crippen LogP contribution is -2.19. The Kier molecular flexibility index (Phi) is 6.56. The van der Waals surface area contributed by atoms with E-state index in [1.807, 2.05) is 0 Å². The maximum atomic E-state index is 12.6. The van der Waals surface area contributed by atoms with Gasteiger partial charge in [-0.1, -0.05) is 18.2 Å². The number of benzene rings is 3. The van der Waals surface area contributed by atoms with Crippen LogP contribution in [0.15, 0.2) is 65.1 Å². The highest BCUT2D eigenvalue weighted by Crippen LogP contribution is 2.38. The zero-order valence-electron chi connectivity index (χ0n) is 18.8. The Morgan fingerprint density at radius 3 is 2.14 bits per heavy atom. The Labute approximate surface area is 204 Å². The van der Waals surface area contributed by atoms with Crippen molar-refractivity contribution in [3.8, 4) is 40.1 Å². The number of phenols is 5. The van der Waals surface area contributed by atoms with E-state index in [0.717, 1.165) is 0 Å². The maximum absolute atomic E-state index is 12.6. The monoisotopic (exact) mass is 490 g/mol. The highest BCUT2D eigenvalue weighted by atomic mass is 16.4. The molecule has 0 spiro atoms. The predicted octanol–water partition coefficient (Wildman–Crippen LogP) is 4.54. The fraction of sp³-hybridized carbons (Fsp3) is 0.111. The van der Waals surface area contributed by atoms with Gasteiger partial charge in [-0.05, 0) is 66.1 Å². The molecule has 4 aromatic rings. The van der Waals surface area contributed by atoms with E-state index in [1.165, 1.54) is 54.6 Å². The molecule has 0 radical (unpaired) electrons. The number of hydrogen-bond donors (Lipinski definition) is 6. The first-order valence-corrected chi connectivity index (χ1v) is 10.8. The predicted molar refractivity (Wildman–Crippen MR) is 130 cm³/mol. The summed E-state index contributed by atoms with van der Waals surface area (Å²) >= 11 is 0. The van der Waals surface area contributed by atoms with E-state index in [-0.39, 0.29) is 47.2 Å². The summed E-state index contributed by atoms with van der Waals surface area (Å²) in [4.78, 5) is 24.3. The molecular weight excluding hydrogens is 468 g/mol. The van der Waals surface area contributed by atoms with Crippen LogP contribution in [0.1, 0.15) is 17.5 Å². The number of phenolic OH excluding ortho intramolecular Hbond substituents is 5. The van der Waals surface area contributed by atoms with Gasteiger partial charge in [0.25, 0.3) is 0 Å². The molecule has 184 valence electrons. The van der Waals surface area contributed by atoms with Crippen LogP contribution in [0, 0.1) is 5.92 Å². The van der Waals surface area contributed by atoms with Gasteiger partial charge >= 0.3 is 5.97 Å². The fourth-order valence-electron chi connectivity index (χ4n) is 3.82. The summed E-state index contributed by atoms with van der Waals surface area (Å²) in [6.07, 6.45) is 2.42. The van der Waals surface area contributed by atoms with Crippen molar-refractivity contribution in [1.29, 1.82) is 0 Å². The minimum Gasteiger partial charge on any atom is -0.504 e. The van der Waals surface area contributed by atoms with Gasteiger partial charge in [0.2, 0.25) is 0 Å². The number of aliphatic carboxylic acids is 1. The van der Waals surface area contributed by atoms with Crippen LogP contribution < -0.4 is 0 Å². The van der Waals surface area contributed by atoms with Crippen LogP contribution in [-0.2, 0) is 16.0 Å². The Morgan fingerprint density at radius 1 is 0.806 bits per heavy atom. The highest BCUT2D eigenvalue weighted by molar-refractivity contribution is 6.00. The van der Waals surface area contributed by atoms with Gasteiger partial charge in [0, 0.05) is 17.4 Å². The summed E-state index contributed by atoms with van der Waals surface area (Å²) in [5.41, 5.74) is 1.60. The van der Waals surface area contributed by atoms with Crippen molar-refractivity contribution in [2.45, 2.75) is 12.8 Å². The van der Waals surface area contributed by atoms with Crippen molar-refractivity contribution >= 4 is 28.8 Å². The van der Waals surface area contributed by atoms with Crippen LogP contribution in [0.25, 0.3) is 28.4 Å². The average Bonchev–Trinajstić information content (AvgIpc) is 3.29. The van der Waals surface area contributed by atoms with Gasteiger partial charge in [0.05, 0.1) is 5.92 Å². The van der Waals surface area contributed by atoms with Crippen molar-refractivity contribution in [2.75, 3.05) is 0 Å². The number of rotatable bonds is 8. The molecule has 0 saturated heterocycles. The van der Waals surface area contributed by atoms with E-state index < -0.39 is 17.7 Å². The van der Waals surface area contributed by atoms with Gasteiger partial charge < -0.3 is 35.1 Å². The van der Waals surface area contributed by atoms with Crippen LogP contribution in [0.3, 0.4) is 0 Å². The average molecular weight is 490 g/mol. The van der Waals surface area contributed by atoms with E-state index in [4.69, 9.17) is 4.42 Å². The largest absolute Gasteiger partial charge is 0.504 e. The summed E-state index contributed by atoms with van der Waals surface area (Å²) in [7, 11) is 0. The van der Waals surface area contributed by atoms with Crippen LogP contribution in [0.2, 0.25) is 0 Å². The summed E-state index contributed by atoms with van der Waals surface area (Å²) in [6.45, 7) is 0. The van der Waals surface area contributed by atoms with E-state index in [1.54, 1.807) is 12.1 Å². The van der Waals surface area contributed by atoms with Crippen molar-refractivity contribution in [2.24, 2.45) is 5.92 Å². The number of carboxylic acids is 1. The van der Waals surface area contributed by atoms with Crippen molar-refractivity contribution in [3.05, 3.63) is 71.8 Å². The fourth-order valence-corrected chi connectivity index (χ4v) is 3.82. The smallest absolute Gasteiger partial charge is 0.307 e. The van der Waals surface area contributed by atoms with Crippen molar-refractivity contribution in [3.63, 3.8) is 0 Å². The quantitative estimate of drug-likeness (QED) is 0.153. The summed E-state index contributed by atoms with van der Waals surface area (Å²) in [5, 5.41) is 58.6. The third kappa shape index (κ3) is 5.10. The molecule has 3 aromatic carbocycles. The summed E-state index contributed by atoms with van der Waals surface area (Å²) in [6, 6.07) is 12.7. The normalized spacial score (nSPS) is 12.2. The lowest BCUT2D eigenvalue weighted by Gasteiger charge is -2.11. The molecule has 0 aliphatic carbocycles. The first-order chi connectivity index (χ1) is 17.1. The van der Waals surface area contributed by atoms with Gasteiger partial charge in [-0.25, -0.2) is 0 Å². The van der Waals surface area contributed by atoms with Crippen LogP contribution in [0.4, 0.5) is 0 Å². The molecule has 9 heteroatoms. The second kappa shape index (κ2) is 9.75. The standard InChI is InChI=1S/C27H22O9/c28-18(11-17(27(34)35)9-14-1-6-20(29)23(32)10-14)5-2-15-3-8-22(31)26-19(15)13-25(36-26)16-4-7-21(30)24(33)12-16/h1-8,10,12-13,17,29-33H,9,11H2,(H,34,35)/b5-2+/t17-/m1/s1. The van der Waals surface area contributed by atoms with Gasteiger partial charge in [0.15, 0.2) is 40.1 Å². The van der Waals surface area contributed by atoms with Gasteiger partial charge in [-0.15, -0.1) is 0 Å². The Balaban J connectivity index is 1.56. The molecule has 4 rings (SSSR count). The maximum Gasteiger partial charge on any atom is 0.307 e. The molecule has 0 aliphatic rings. The molecule has 6 N–H and O–H groups in total. The Hall–Kier alpha value is -4.92. The van der Waals surface area contributed by atoms with E-state index >= 15 is 0 Å². The lowest BCUT2D eigenvalue weighted by atomic mass is 9.93. The van der Waals surface area contributed by atoms with Crippen LogP contribution in [-0.4, -0.2) is 42.4 Å². The molecule has 36 heavy (non-hydrogen) atoms. The first-order valence-electron chi connectivity index (χ1n) is 10.8. The number of ketones is 1.